The summed E-state index contributed by atoms with van der Waals surface area (Å²) < 4.78 is 33.9. The van der Waals surface area contributed by atoms with Gasteiger partial charge in [-0.1, -0.05) is 120 Å². The quantitative estimate of drug-likeness (QED) is 0.180. The van der Waals surface area contributed by atoms with Gasteiger partial charge in [-0.05, 0) is 41.2 Å². The molecule has 0 radical (unpaired) electrons. The summed E-state index contributed by atoms with van der Waals surface area (Å²) in [5.41, 5.74) is 4.75. The Morgan fingerprint density at radius 1 is 0.722 bits per heavy atom. The maximum absolute atomic E-state index is 12.0. The van der Waals surface area contributed by atoms with E-state index in [9.17, 15) is 18.1 Å². The van der Waals surface area contributed by atoms with Crippen LogP contribution in [0, 0.1) is 0 Å². The highest BCUT2D eigenvalue weighted by Crippen LogP contribution is 2.37. The zero-order chi connectivity index (χ0) is 26.1. The van der Waals surface area contributed by atoms with E-state index in [4.69, 9.17) is 0 Å². The third-order valence-electron chi connectivity index (χ3n) is 7.21. The van der Waals surface area contributed by atoms with Gasteiger partial charge < -0.3 is 5.11 Å². The number of hydrogen-bond acceptors (Lipinski definition) is 3. The molecule has 0 bridgehead atoms. The highest BCUT2D eigenvalue weighted by molar-refractivity contribution is 7.86. The highest BCUT2D eigenvalue weighted by atomic mass is 32.2. The van der Waals surface area contributed by atoms with E-state index in [0.29, 0.717) is 12.0 Å². The Balaban J connectivity index is 1.80. The van der Waals surface area contributed by atoms with Gasteiger partial charge in [-0.25, -0.2) is 0 Å². The molecule has 0 amide bonds. The van der Waals surface area contributed by atoms with Gasteiger partial charge in [0.05, 0.1) is 0 Å². The van der Waals surface area contributed by atoms with Gasteiger partial charge in [0.25, 0.3) is 10.1 Å². The molecule has 0 saturated carbocycles. The topological polar surface area (TPSA) is 74.6 Å². The van der Waals surface area contributed by atoms with Crippen molar-refractivity contribution in [1.82, 2.24) is 0 Å². The number of phenolic OH excluding ortho intramolecular Hbond substituents is 1. The van der Waals surface area contributed by atoms with E-state index in [0.717, 1.165) is 24.0 Å². The van der Waals surface area contributed by atoms with Crippen molar-refractivity contribution in [3.8, 4) is 5.75 Å². The smallest absolute Gasteiger partial charge is 0.298 e. The molecule has 0 aliphatic rings. The van der Waals surface area contributed by atoms with Crippen LogP contribution in [-0.4, -0.2) is 18.1 Å². The molecule has 0 aliphatic heterocycles. The molecule has 5 heteroatoms. The third kappa shape index (κ3) is 7.44. The maximum Gasteiger partial charge on any atom is 0.298 e. The van der Waals surface area contributed by atoms with Gasteiger partial charge in [-0.2, -0.15) is 8.42 Å². The number of benzene rings is 3. The fraction of sp³-hybridized carbons (Fsp3) is 0.419. The number of hydrogen-bond donors (Lipinski definition) is 2. The van der Waals surface area contributed by atoms with Crippen LogP contribution in [0.15, 0.2) is 71.6 Å². The minimum absolute atomic E-state index is 0.236. The SMILES string of the molecule is CCCCCCCCCc1cc(C(C)c2ccc(C(C)c3ccccc3)cc2)c(O)c(S(=O)(=O)O)c1. The molecule has 4 nitrogen and oxygen atoms in total. The summed E-state index contributed by atoms with van der Waals surface area (Å²) in [6, 6.07) is 21.9. The molecule has 2 unspecified atom stereocenters. The van der Waals surface area contributed by atoms with Crippen molar-refractivity contribution < 1.29 is 18.1 Å². The lowest BCUT2D eigenvalue weighted by molar-refractivity contribution is 0.436. The minimum Gasteiger partial charge on any atom is -0.506 e. The van der Waals surface area contributed by atoms with E-state index < -0.39 is 15.0 Å². The molecule has 0 fully saturated rings. The van der Waals surface area contributed by atoms with Gasteiger partial charge >= 0.3 is 0 Å². The van der Waals surface area contributed by atoms with Crippen LogP contribution in [0.5, 0.6) is 5.75 Å². The highest BCUT2D eigenvalue weighted by Gasteiger charge is 2.23. The zero-order valence-corrected chi connectivity index (χ0v) is 22.6. The summed E-state index contributed by atoms with van der Waals surface area (Å²) >= 11 is 0. The monoisotopic (exact) mass is 508 g/mol. The lowest BCUT2D eigenvalue weighted by Crippen LogP contribution is -2.06. The van der Waals surface area contributed by atoms with E-state index in [1.807, 2.05) is 43.3 Å². The van der Waals surface area contributed by atoms with Crippen LogP contribution in [0.25, 0.3) is 0 Å². The standard InChI is InChI=1S/C31H40O4S/c1-4-5-6-7-8-9-11-14-25-21-29(31(32)30(22-25)36(33,34)35)24(3)28-19-17-27(18-20-28)23(2)26-15-12-10-13-16-26/h10,12-13,15-24,32H,4-9,11,14H2,1-3H3,(H,33,34,35). The van der Waals surface area contributed by atoms with Crippen LogP contribution >= 0.6 is 0 Å². The average Bonchev–Trinajstić information content (AvgIpc) is 2.88. The fourth-order valence-corrected chi connectivity index (χ4v) is 5.50. The van der Waals surface area contributed by atoms with Crippen molar-refractivity contribution >= 4 is 10.1 Å². The largest absolute Gasteiger partial charge is 0.506 e. The Morgan fingerprint density at radius 3 is 1.83 bits per heavy atom. The third-order valence-corrected chi connectivity index (χ3v) is 8.08. The summed E-state index contributed by atoms with van der Waals surface area (Å²) in [5.74, 6) is -0.351. The molecule has 0 aromatic heterocycles. The molecule has 194 valence electrons. The normalized spacial score (nSPS) is 13.4. The molecule has 36 heavy (non-hydrogen) atoms. The molecule has 2 atom stereocenters. The Bertz CT molecular complexity index is 1200. The van der Waals surface area contributed by atoms with Crippen LogP contribution in [0.4, 0.5) is 0 Å². The lowest BCUT2D eigenvalue weighted by atomic mass is 9.87. The van der Waals surface area contributed by atoms with Gasteiger partial charge in [0, 0.05) is 17.4 Å². The predicted molar refractivity (Wildman–Crippen MR) is 148 cm³/mol. The van der Waals surface area contributed by atoms with Crippen molar-refractivity contribution in [3.63, 3.8) is 0 Å². The van der Waals surface area contributed by atoms with Crippen LogP contribution in [-0.2, 0) is 16.5 Å². The molecular weight excluding hydrogens is 468 g/mol. The Morgan fingerprint density at radius 2 is 1.25 bits per heavy atom. The second kappa shape index (κ2) is 13.1. The average molecular weight is 509 g/mol. The van der Waals surface area contributed by atoms with E-state index in [1.165, 1.54) is 49.3 Å². The molecule has 3 aromatic carbocycles. The summed E-state index contributed by atoms with van der Waals surface area (Å²) in [6.07, 6.45) is 8.88. The number of aromatic hydroxyl groups is 1. The van der Waals surface area contributed by atoms with Gasteiger partial charge in [-0.3, -0.25) is 4.55 Å². The molecule has 0 aliphatic carbocycles. The van der Waals surface area contributed by atoms with Gasteiger partial charge in [0.1, 0.15) is 10.6 Å². The molecule has 3 aromatic rings. The van der Waals surface area contributed by atoms with Crippen molar-refractivity contribution in [2.75, 3.05) is 0 Å². The van der Waals surface area contributed by atoms with Crippen molar-refractivity contribution in [1.29, 1.82) is 0 Å². The summed E-state index contributed by atoms with van der Waals surface area (Å²) in [5, 5.41) is 10.8. The Hall–Kier alpha value is -2.63. The first-order valence-corrected chi connectivity index (χ1v) is 14.6. The molecule has 0 saturated heterocycles. The van der Waals surface area contributed by atoms with Crippen molar-refractivity contribution in [2.45, 2.75) is 88.9 Å². The molecular formula is C31H40O4S. The van der Waals surface area contributed by atoms with E-state index in [2.05, 4.69) is 38.1 Å². The first-order valence-electron chi connectivity index (χ1n) is 13.2. The Kier molecular flexibility index (Phi) is 10.1. The fourth-order valence-electron chi connectivity index (χ4n) is 4.83. The predicted octanol–water partition coefficient (Wildman–Crippen LogP) is 8.24. The van der Waals surface area contributed by atoms with Gasteiger partial charge in [0.15, 0.2) is 0 Å². The molecule has 2 N–H and O–H groups in total. The summed E-state index contributed by atoms with van der Waals surface area (Å²) in [6.45, 7) is 6.33. The van der Waals surface area contributed by atoms with Crippen molar-refractivity contribution in [2.24, 2.45) is 0 Å². The molecule has 0 spiro atoms. The van der Waals surface area contributed by atoms with E-state index in [1.54, 1.807) is 0 Å². The molecule has 3 rings (SSSR count). The van der Waals surface area contributed by atoms with Gasteiger partial charge in [0.2, 0.25) is 0 Å². The van der Waals surface area contributed by atoms with E-state index >= 15 is 0 Å². The van der Waals surface area contributed by atoms with Gasteiger partial charge in [-0.15, -0.1) is 0 Å². The number of aryl methyl sites for hydroxylation is 1. The molecule has 0 heterocycles. The first-order chi connectivity index (χ1) is 17.2. The van der Waals surface area contributed by atoms with Crippen molar-refractivity contribution in [3.05, 3.63) is 94.5 Å². The van der Waals surface area contributed by atoms with Crippen LogP contribution in [0.3, 0.4) is 0 Å². The van der Waals surface area contributed by atoms with E-state index in [-0.39, 0.29) is 17.6 Å². The van der Waals surface area contributed by atoms with Crippen LogP contribution in [0.2, 0.25) is 0 Å². The minimum atomic E-state index is -4.54. The maximum atomic E-state index is 12.0. The second-order valence-electron chi connectivity index (χ2n) is 9.90. The van der Waals surface area contributed by atoms with Crippen LogP contribution in [0.1, 0.15) is 105 Å². The Labute approximate surface area is 217 Å². The number of phenols is 1. The summed E-state index contributed by atoms with van der Waals surface area (Å²) in [4.78, 5) is -0.404. The number of rotatable bonds is 13. The second-order valence-corrected chi connectivity index (χ2v) is 11.3. The summed E-state index contributed by atoms with van der Waals surface area (Å²) in [7, 11) is -4.54. The number of unbranched alkanes of at least 4 members (excludes halogenated alkanes) is 6. The zero-order valence-electron chi connectivity index (χ0n) is 21.8. The van der Waals surface area contributed by atoms with Crippen LogP contribution < -0.4 is 0 Å². The lowest BCUT2D eigenvalue weighted by Gasteiger charge is -2.19. The first kappa shape index (κ1) is 27.9.